The van der Waals surface area contributed by atoms with Crippen molar-refractivity contribution in [3.63, 3.8) is 0 Å². The van der Waals surface area contributed by atoms with Crippen LogP contribution in [0, 0.1) is 0 Å². The monoisotopic (exact) mass is 346 g/mol. The number of benzene rings is 1. The minimum atomic E-state index is -6.19. The Balaban J connectivity index is 3.21. The van der Waals surface area contributed by atoms with Crippen molar-refractivity contribution in [3.8, 4) is 0 Å². The molecule has 0 fully saturated rings. The minimum Gasteiger partial charge on any atom is -0.385 e. The SMILES string of the molecule is CC(C)c1ccc(C(C)(O)CC(F)(C(F)(F)F)C(F)(F)F)cc1. The molecule has 23 heavy (non-hydrogen) atoms. The fourth-order valence-electron chi connectivity index (χ4n) is 2.16. The summed E-state index contributed by atoms with van der Waals surface area (Å²) in [5.74, 6) is 0.0830. The fraction of sp³-hybridized carbons (Fsp3) is 0.600. The van der Waals surface area contributed by atoms with Gasteiger partial charge in [-0.25, -0.2) is 4.39 Å². The molecule has 0 aliphatic carbocycles. The third-order valence-electron chi connectivity index (χ3n) is 3.69. The lowest BCUT2D eigenvalue weighted by Crippen LogP contribution is -2.56. The summed E-state index contributed by atoms with van der Waals surface area (Å²) < 4.78 is 89.4. The molecule has 0 heterocycles. The van der Waals surface area contributed by atoms with Gasteiger partial charge < -0.3 is 5.11 Å². The van der Waals surface area contributed by atoms with Crippen molar-refractivity contribution < 1.29 is 35.8 Å². The van der Waals surface area contributed by atoms with Gasteiger partial charge in [0.25, 0.3) is 0 Å². The van der Waals surface area contributed by atoms with E-state index in [0.29, 0.717) is 0 Å². The van der Waals surface area contributed by atoms with Gasteiger partial charge in [0.2, 0.25) is 0 Å². The second-order valence-electron chi connectivity index (χ2n) is 6.02. The summed E-state index contributed by atoms with van der Waals surface area (Å²) >= 11 is 0. The number of halogens is 7. The maximum absolute atomic E-state index is 13.8. The van der Waals surface area contributed by atoms with Gasteiger partial charge in [0.15, 0.2) is 0 Å². The first-order valence-corrected chi connectivity index (χ1v) is 6.77. The predicted octanol–water partition coefficient (Wildman–Crippen LogP) is 5.24. The smallest absolute Gasteiger partial charge is 0.385 e. The van der Waals surface area contributed by atoms with Crippen LogP contribution in [0.2, 0.25) is 0 Å². The van der Waals surface area contributed by atoms with E-state index in [-0.39, 0.29) is 11.5 Å². The van der Waals surface area contributed by atoms with Crippen molar-refractivity contribution in [2.24, 2.45) is 0 Å². The van der Waals surface area contributed by atoms with E-state index in [2.05, 4.69) is 0 Å². The normalized spacial score (nSPS) is 16.5. The van der Waals surface area contributed by atoms with Gasteiger partial charge >= 0.3 is 18.0 Å². The topological polar surface area (TPSA) is 20.2 Å². The zero-order valence-corrected chi connectivity index (χ0v) is 12.7. The molecule has 0 bridgehead atoms. The number of hydrogen-bond acceptors (Lipinski definition) is 1. The van der Waals surface area contributed by atoms with Gasteiger partial charge in [-0.05, 0) is 24.0 Å². The highest BCUT2D eigenvalue weighted by Crippen LogP contribution is 2.51. The van der Waals surface area contributed by atoms with Crippen LogP contribution in [0.1, 0.15) is 44.2 Å². The van der Waals surface area contributed by atoms with Crippen molar-refractivity contribution in [2.75, 3.05) is 0 Å². The second-order valence-corrected chi connectivity index (χ2v) is 6.02. The molecule has 1 nitrogen and oxygen atoms in total. The molecule has 0 saturated heterocycles. The molecule has 0 aliphatic rings. The molecular weight excluding hydrogens is 329 g/mol. The van der Waals surface area contributed by atoms with Crippen LogP contribution < -0.4 is 0 Å². The van der Waals surface area contributed by atoms with E-state index in [1.807, 2.05) is 13.8 Å². The number of rotatable bonds is 4. The van der Waals surface area contributed by atoms with Crippen molar-refractivity contribution in [1.82, 2.24) is 0 Å². The molecule has 0 aromatic heterocycles. The Bertz CT molecular complexity index is 512. The molecule has 1 aromatic rings. The molecule has 0 radical (unpaired) electrons. The molecular formula is C15H17F7O. The van der Waals surface area contributed by atoms with Gasteiger partial charge in [-0.1, -0.05) is 38.1 Å². The summed E-state index contributed by atoms with van der Waals surface area (Å²) in [4.78, 5) is 0. The Morgan fingerprint density at radius 2 is 1.26 bits per heavy atom. The molecule has 1 N–H and O–H groups in total. The molecule has 0 saturated carbocycles. The van der Waals surface area contributed by atoms with Gasteiger partial charge in [-0.15, -0.1) is 0 Å². The highest BCUT2D eigenvalue weighted by Gasteiger charge is 2.73. The van der Waals surface area contributed by atoms with Gasteiger partial charge in [0.1, 0.15) is 0 Å². The predicted molar refractivity (Wildman–Crippen MR) is 70.7 cm³/mol. The molecule has 1 unspecified atom stereocenters. The Morgan fingerprint density at radius 3 is 1.57 bits per heavy atom. The Labute approximate surface area is 129 Å². The lowest BCUT2D eigenvalue weighted by Gasteiger charge is -2.36. The summed E-state index contributed by atoms with van der Waals surface area (Å²) in [6.07, 6.45) is -14.5. The van der Waals surface area contributed by atoms with E-state index in [0.717, 1.165) is 12.5 Å². The average Bonchev–Trinajstić information content (AvgIpc) is 2.35. The van der Waals surface area contributed by atoms with E-state index in [4.69, 9.17) is 0 Å². The quantitative estimate of drug-likeness (QED) is 0.739. The molecule has 1 aromatic carbocycles. The summed E-state index contributed by atoms with van der Waals surface area (Å²) in [6, 6.07) is 5.33. The molecule has 132 valence electrons. The minimum absolute atomic E-state index is 0.0830. The molecule has 1 atom stereocenters. The van der Waals surface area contributed by atoms with Gasteiger partial charge in [-0.2, -0.15) is 26.3 Å². The van der Waals surface area contributed by atoms with Crippen molar-refractivity contribution >= 4 is 0 Å². The van der Waals surface area contributed by atoms with E-state index < -0.39 is 30.0 Å². The van der Waals surface area contributed by atoms with Crippen molar-refractivity contribution in [1.29, 1.82) is 0 Å². The first kappa shape index (κ1) is 19.7. The van der Waals surface area contributed by atoms with Gasteiger partial charge in [0.05, 0.1) is 5.60 Å². The Kier molecular flexibility index (Phi) is 5.11. The van der Waals surface area contributed by atoms with Crippen LogP contribution in [-0.2, 0) is 5.60 Å². The summed E-state index contributed by atoms with van der Waals surface area (Å²) in [5.41, 5.74) is -7.59. The summed E-state index contributed by atoms with van der Waals surface area (Å²) in [6.45, 7) is 4.41. The molecule has 1 rings (SSSR count). The molecule has 0 spiro atoms. The maximum atomic E-state index is 13.8. The van der Waals surface area contributed by atoms with Crippen LogP contribution in [0.5, 0.6) is 0 Å². The van der Waals surface area contributed by atoms with E-state index in [1.54, 1.807) is 0 Å². The van der Waals surface area contributed by atoms with Crippen molar-refractivity contribution in [2.45, 2.75) is 56.7 Å². The van der Waals surface area contributed by atoms with Crippen LogP contribution in [0.15, 0.2) is 24.3 Å². The van der Waals surface area contributed by atoms with E-state index >= 15 is 0 Å². The lowest BCUT2D eigenvalue weighted by atomic mass is 9.83. The van der Waals surface area contributed by atoms with Crippen LogP contribution in [0.3, 0.4) is 0 Å². The van der Waals surface area contributed by atoms with Gasteiger partial charge in [0, 0.05) is 6.42 Å². The van der Waals surface area contributed by atoms with Crippen molar-refractivity contribution in [3.05, 3.63) is 35.4 Å². The Morgan fingerprint density at radius 1 is 0.870 bits per heavy atom. The highest BCUT2D eigenvalue weighted by molar-refractivity contribution is 5.29. The first-order chi connectivity index (χ1) is 10.1. The van der Waals surface area contributed by atoms with Crippen LogP contribution in [-0.4, -0.2) is 23.1 Å². The third-order valence-corrected chi connectivity index (χ3v) is 3.69. The number of alkyl halides is 7. The van der Waals surface area contributed by atoms with E-state index in [9.17, 15) is 35.8 Å². The van der Waals surface area contributed by atoms with Crippen LogP contribution in [0.4, 0.5) is 30.7 Å². The number of hydrogen-bond donors (Lipinski definition) is 1. The average molecular weight is 346 g/mol. The first-order valence-electron chi connectivity index (χ1n) is 6.77. The lowest BCUT2D eigenvalue weighted by molar-refractivity contribution is -0.352. The highest BCUT2D eigenvalue weighted by atomic mass is 19.4. The third kappa shape index (κ3) is 3.97. The Hall–Kier alpha value is -1.31. The number of aliphatic hydroxyl groups is 1. The van der Waals surface area contributed by atoms with Crippen LogP contribution >= 0.6 is 0 Å². The molecule has 0 amide bonds. The summed E-state index contributed by atoms with van der Waals surface area (Å²) in [5, 5.41) is 10.0. The zero-order chi connectivity index (χ0) is 18.3. The molecule has 0 aliphatic heterocycles. The fourth-order valence-corrected chi connectivity index (χ4v) is 2.16. The second kappa shape index (κ2) is 5.96. The molecule has 8 heteroatoms. The zero-order valence-electron chi connectivity index (χ0n) is 12.7. The van der Waals surface area contributed by atoms with E-state index in [1.165, 1.54) is 24.3 Å². The van der Waals surface area contributed by atoms with Crippen LogP contribution in [0.25, 0.3) is 0 Å². The maximum Gasteiger partial charge on any atom is 0.431 e. The van der Waals surface area contributed by atoms with Gasteiger partial charge in [-0.3, -0.25) is 0 Å². The standard InChI is InChI=1S/C15H17F7O/c1-9(2)10-4-6-11(7-5-10)12(3,23)8-13(16,14(17,18)19)15(20,21)22/h4-7,9,23H,8H2,1-3H3. The largest absolute Gasteiger partial charge is 0.431 e. The summed E-state index contributed by atoms with van der Waals surface area (Å²) in [7, 11) is 0.